The Morgan fingerprint density at radius 1 is 1.15 bits per heavy atom. The molecule has 4 nitrogen and oxygen atoms in total. The van der Waals surface area contributed by atoms with Crippen LogP contribution < -0.4 is 0 Å². The molecule has 4 heteroatoms. The zero-order valence-electron chi connectivity index (χ0n) is 13.4. The van der Waals surface area contributed by atoms with Crippen LogP contribution in [-0.2, 0) is 9.59 Å². The van der Waals surface area contributed by atoms with E-state index in [2.05, 4.69) is 13.8 Å². The molecule has 1 aliphatic heterocycles. The summed E-state index contributed by atoms with van der Waals surface area (Å²) in [7, 11) is 0. The molecule has 1 fully saturated rings. The Morgan fingerprint density at radius 2 is 1.70 bits per heavy atom. The maximum atomic E-state index is 12.5. The zero-order chi connectivity index (χ0) is 15.4. The van der Waals surface area contributed by atoms with Gasteiger partial charge in [0.05, 0.1) is 5.41 Å². The van der Waals surface area contributed by atoms with Crippen molar-refractivity contribution in [3.05, 3.63) is 0 Å². The average Bonchev–Trinajstić information content (AvgIpc) is 2.89. The van der Waals surface area contributed by atoms with Gasteiger partial charge in [-0.1, -0.05) is 27.7 Å². The van der Waals surface area contributed by atoms with E-state index in [9.17, 15) is 14.7 Å². The standard InChI is InChI=1S/C16H29NO3/c1-5-15(6-2)9-10-17(12-15)13(18)11-16(7-3,8-4)14(19)20/h5-12H2,1-4H3,(H,19,20). The lowest BCUT2D eigenvalue weighted by atomic mass is 9.78. The van der Waals surface area contributed by atoms with E-state index in [1.54, 1.807) is 0 Å². The number of hydrogen-bond acceptors (Lipinski definition) is 2. The number of carboxylic acids is 1. The third-order valence-corrected chi connectivity index (χ3v) is 5.59. The molecule has 0 aromatic rings. The van der Waals surface area contributed by atoms with Gasteiger partial charge in [-0.2, -0.15) is 0 Å². The van der Waals surface area contributed by atoms with Crippen LogP contribution in [0.1, 0.15) is 66.2 Å². The van der Waals surface area contributed by atoms with Gasteiger partial charge in [0.2, 0.25) is 5.91 Å². The summed E-state index contributed by atoms with van der Waals surface area (Å²) in [5, 5.41) is 9.44. The van der Waals surface area contributed by atoms with Gasteiger partial charge in [0.15, 0.2) is 0 Å². The van der Waals surface area contributed by atoms with Crippen LogP contribution in [0.25, 0.3) is 0 Å². The first-order valence-electron chi connectivity index (χ1n) is 7.89. The highest BCUT2D eigenvalue weighted by atomic mass is 16.4. The van der Waals surface area contributed by atoms with E-state index in [1.165, 1.54) is 0 Å². The lowest BCUT2D eigenvalue weighted by Gasteiger charge is -2.30. The second-order valence-electron chi connectivity index (χ2n) is 6.24. The number of carbonyl (C=O) groups is 2. The van der Waals surface area contributed by atoms with E-state index < -0.39 is 11.4 Å². The maximum absolute atomic E-state index is 12.5. The van der Waals surface area contributed by atoms with Crippen molar-refractivity contribution in [2.24, 2.45) is 10.8 Å². The summed E-state index contributed by atoms with van der Waals surface area (Å²) < 4.78 is 0. The highest BCUT2D eigenvalue weighted by Crippen LogP contribution is 2.39. The van der Waals surface area contributed by atoms with Crippen molar-refractivity contribution in [1.82, 2.24) is 4.90 Å². The normalized spacial score (nSPS) is 18.3. The quantitative estimate of drug-likeness (QED) is 0.780. The maximum Gasteiger partial charge on any atom is 0.310 e. The molecule has 0 spiro atoms. The van der Waals surface area contributed by atoms with Crippen molar-refractivity contribution in [3.8, 4) is 0 Å². The smallest absolute Gasteiger partial charge is 0.310 e. The van der Waals surface area contributed by atoms with Gasteiger partial charge in [-0.3, -0.25) is 9.59 Å². The van der Waals surface area contributed by atoms with Crippen LogP contribution in [0.3, 0.4) is 0 Å². The molecule has 0 saturated carbocycles. The van der Waals surface area contributed by atoms with Crippen molar-refractivity contribution in [2.45, 2.75) is 66.2 Å². The molecular formula is C16H29NO3. The molecule has 1 aliphatic rings. The Morgan fingerprint density at radius 3 is 2.05 bits per heavy atom. The van der Waals surface area contributed by atoms with E-state index >= 15 is 0 Å². The van der Waals surface area contributed by atoms with Crippen LogP contribution in [0, 0.1) is 10.8 Å². The van der Waals surface area contributed by atoms with E-state index in [1.807, 2.05) is 18.7 Å². The van der Waals surface area contributed by atoms with E-state index in [4.69, 9.17) is 0 Å². The van der Waals surface area contributed by atoms with Crippen LogP contribution in [0.2, 0.25) is 0 Å². The minimum Gasteiger partial charge on any atom is -0.481 e. The van der Waals surface area contributed by atoms with Crippen LogP contribution in [0.15, 0.2) is 0 Å². The predicted molar refractivity (Wildman–Crippen MR) is 79.5 cm³/mol. The molecule has 20 heavy (non-hydrogen) atoms. The second-order valence-corrected chi connectivity index (χ2v) is 6.24. The van der Waals surface area contributed by atoms with Crippen molar-refractivity contribution >= 4 is 11.9 Å². The molecule has 0 bridgehead atoms. The van der Waals surface area contributed by atoms with E-state index in [0.29, 0.717) is 12.8 Å². The third kappa shape index (κ3) is 3.15. The molecule has 0 radical (unpaired) electrons. The fourth-order valence-corrected chi connectivity index (χ4v) is 3.25. The van der Waals surface area contributed by atoms with Crippen LogP contribution >= 0.6 is 0 Å². The fourth-order valence-electron chi connectivity index (χ4n) is 3.25. The molecule has 0 aromatic heterocycles. The van der Waals surface area contributed by atoms with Gasteiger partial charge in [-0.05, 0) is 37.5 Å². The molecule has 1 saturated heterocycles. The van der Waals surface area contributed by atoms with Gasteiger partial charge in [0.1, 0.15) is 0 Å². The Bertz CT molecular complexity index is 357. The molecule has 116 valence electrons. The number of nitrogens with zero attached hydrogens (tertiary/aromatic N) is 1. The first-order valence-corrected chi connectivity index (χ1v) is 7.89. The number of carboxylic acid groups (broad SMARTS) is 1. The van der Waals surface area contributed by atoms with Gasteiger partial charge in [-0.15, -0.1) is 0 Å². The van der Waals surface area contributed by atoms with Gasteiger partial charge >= 0.3 is 5.97 Å². The summed E-state index contributed by atoms with van der Waals surface area (Å²) >= 11 is 0. The number of rotatable bonds is 7. The molecule has 1 N–H and O–H groups in total. The fraction of sp³-hybridized carbons (Fsp3) is 0.875. The highest BCUT2D eigenvalue weighted by molar-refractivity contribution is 5.85. The van der Waals surface area contributed by atoms with E-state index in [-0.39, 0.29) is 17.7 Å². The Balaban J connectivity index is 2.75. The summed E-state index contributed by atoms with van der Waals surface area (Å²) in [4.78, 5) is 25.9. The summed E-state index contributed by atoms with van der Waals surface area (Å²) in [5.41, 5.74) is -0.638. The summed E-state index contributed by atoms with van der Waals surface area (Å²) in [6.45, 7) is 9.65. The Hall–Kier alpha value is -1.06. The molecule has 1 heterocycles. The van der Waals surface area contributed by atoms with Crippen molar-refractivity contribution < 1.29 is 14.7 Å². The molecule has 0 aliphatic carbocycles. The third-order valence-electron chi connectivity index (χ3n) is 5.59. The number of amides is 1. The monoisotopic (exact) mass is 283 g/mol. The minimum atomic E-state index is -0.888. The molecule has 1 amide bonds. The van der Waals surface area contributed by atoms with Gasteiger partial charge in [0, 0.05) is 19.5 Å². The van der Waals surface area contributed by atoms with Crippen LogP contribution in [-0.4, -0.2) is 35.0 Å². The summed E-state index contributed by atoms with van der Waals surface area (Å²) in [6.07, 6.45) is 4.36. The molecule has 0 aromatic carbocycles. The molecular weight excluding hydrogens is 254 g/mol. The first kappa shape index (κ1) is 17.0. The lowest BCUT2D eigenvalue weighted by molar-refractivity contribution is -0.154. The largest absolute Gasteiger partial charge is 0.481 e. The average molecular weight is 283 g/mol. The summed E-state index contributed by atoms with van der Waals surface area (Å²) in [5.74, 6) is -0.827. The lowest BCUT2D eigenvalue weighted by Crippen LogP contribution is -2.39. The SMILES string of the molecule is CCC1(CC)CCN(C(=O)CC(CC)(CC)C(=O)O)C1. The minimum absolute atomic E-state index is 0.0138. The number of aliphatic carboxylic acids is 1. The van der Waals surface area contributed by atoms with E-state index in [0.717, 1.165) is 32.4 Å². The number of carbonyl (C=O) groups excluding carboxylic acids is 1. The summed E-state index contributed by atoms with van der Waals surface area (Å²) in [6, 6.07) is 0. The molecule has 0 atom stereocenters. The van der Waals surface area contributed by atoms with Crippen molar-refractivity contribution in [3.63, 3.8) is 0 Å². The number of hydrogen-bond donors (Lipinski definition) is 1. The van der Waals surface area contributed by atoms with Crippen LogP contribution in [0.5, 0.6) is 0 Å². The Labute approximate surface area is 122 Å². The van der Waals surface area contributed by atoms with Crippen LogP contribution in [0.4, 0.5) is 0 Å². The van der Waals surface area contributed by atoms with Gasteiger partial charge < -0.3 is 10.0 Å². The highest BCUT2D eigenvalue weighted by Gasteiger charge is 2.42. The topological polar surface area (TPSA) is 57.6 Å². The first-order chi connectivity index (χ1) is 9.38. The van der Waals surface area contributed by atoms with Crippen molar-refractivity contribution in [1.29, 1.82) is 0 Å². The molecule has 1 rings (SSSR count). The predicted octanol–water partition coefficient (Wildman–Crippen LogP) is 3.31. The number of likely N-dealkylation sites (tertiary alicyclic amines) is 1. The Kier molecular flexibility index (Phi) is 5.60. The van der Waals surface area contributed by atoms with Crippen molar-refractivity contribution in [2.75, 3.05) is 13.1 Å². The second kappa shape index (κ2) is 6.59. The van der Waals surface area contributed by atoms with Gasteiger partial charge in [0.25, 0.3) is 0 Å². The molecule has 0 unspecified atom stereocenters. The zero-order valence-corrected chi connectivity index (χ0v) is 13.4. The van der Waals surface area contributed by atoms with Gasteiger partial charge in [-0.25, -0.2) is 0 Å².